The highest BCUT2D eigenvalue weighted by atomic mass is 15.1. The van der Waals surface area contributed by atoms with Crippen molar-refractivity contribution in [3.63, 3.8) is 0 Å². The van der Waals surface area contributed by atoms with Gasteiger partial charge < -0.3 is 9.47 Å². The lowest BCUT2D eigenvalue weighted by atomic mass is 9.67. The van der Waals surface area contributed by atoms with Gasteiger partial charge in [-0.1, -0.05) is 210 Å². The van der Waals surface area contributed by atoms with Gasteiger partial charge in [-0.3, -0.25) is 0 Å². The average molecular weight is 964 g/mol. The summed E-state index contributed by atoms with van der Waals surface area (Å²) in [5.41, 5.74) is 22.1. The van der Waals surface area contributed by atoms with Crippen molar-refractivity contribution in [3.8, 4) is 50.2 Å². The summed E-state index contributed by atoms with van der Waals surface area (Å²) in [4.78, 5) is 2.42. The van der Waals surface area contributed by atoms with Crippen molar-refractivity contribution >= 4 is 38.9 Å². The molecular formula is C73H54N2. The van der Waals surface area contributed by atoms with E-state index in [1.165, 1.54) is 44.5 Å². The molecular weight excluding hydrogens is 905 g/mol. The lowest BCUT2D eigenvalue weighted by molar-refractivity contribution is 0.660. The molecule has 1 heterocycles. The smallest absolute Gasteiger partial charge is 0.0713 e. The first-order valence-electron chi connectivity index (χ1n) is 28.6. The minimum atomic E-state index is -1.24. The van der Waals surface area contributed by atoms with Gasteiger partial charge in [-0.05, 0) is 162 Å². The fourth-order valence-corrected chi connectivity index (χ4v) is 13.6. The molecule has 3 aliphatic carbocycles. The van der Waals surface area contributed by atoms with Crippen molar-refractivity contribution in [2.75, 3.05) is 4.90 Å². The van der Waals surface area contributed by atoms with Crippen molar-refractivity contribution in [3.05, 3.63) is 299 Å². The fourth-order valence-electron chi connectivity index (χ4n) is 13.6. The van der Waals surface area contributed by atoms with Crippen molar-refractivity contribution in [2.45, 2.75) is 43.9 Å². The monoisotopic (exact) mass is 963 g/mol. The molecule has 0 radical (unpaired) electrons. The molecule has 2 nitrogen and oxygen atoms in total. The summed E-state index contributed by atoms with van der Waals surface area (Å²) in [5, 5.41) is 2.02. The molecule has 0 aliphatic heterocycles. The Balaban J connectivity index is 0.912. The van der Waals surface area contributed by atoms with E-state index in [1.54, 1.807) is 0 Å². The number of anilines is 3. The highest BCUT2D eigenvalue weighted by Gasteiger charge is 2.46. The van der Waals surface area contributed by atoms with Gasteiger partial charge in [0.15, 0.2) is 0 Å². The summed E-state index contributed by atoms with van der Waals surface area (Å²) in [5.74, 6) is 0. The fraction of sp³-hybridized carbons (Fsp3) is 0.0959. The minimum absolute atomic E-state index is 0.172. The Bertz CT molecular complexity index is 4420. The van der Waals surface area contributed by atoms with Crippen LogP contribution in [0.15, 0.2) is 255 Å². The zero-order valence-corrected chi connectivity index (χ0v) is 42.3. The van der Waals surface area contributed by atoms with E-state index in [4.69, 9.17) is 4.11 Å². The van der Waals surface area contributed by atoms with Crippen LogP contribution in [-0.4, -0.2) is 4.57 Å². The maximum absolute atomic E-state index is 9.59. The lowest BCUT2D eigenvalue weighted by Gasteiger charge is -2.34. The number of hydrogen-bond donors (Lipinski definition) is 0. The van der Waals surface area contributed by atoms with E-state index in [9.17, 15) is 2.74 Å². The van der Waals surface area contributed by atoms with Crippen LogP contribution in [0.4, 0.5) is 17.1 Å². The van der Waals surface area contributed by atoms with Crippen LogP contribution in [0.5, 0.6) is 0 Å². The molecule has 0 bridgehead atoms. The van der Waals surface area contributed by atoms with E-state index in [-0.39, 0.29) is 40.6 Å². The van der Waals surface area contributed by atoms with Gasteiger partial charge in [0.2, 0.25) is 0 Å². The number of hydrogen-bond acceptors (Lipinski definition) is 1. The number of benzene rings is 11. The predicted octanol–water partition coefficient (Wildman–Crippen LogP) is 18.9. The summed E-state index contributed by atoms with van der Waals surface area (Å²) in [6.07, 6.45) is 0. The van der Waals surface area contributed by atoms with Crippen LogP contribution in [0.2, 0.25) is 0 Å². The Morgan fingerprint density at radius 3 is 1.35 bits per heavy atom. The molecule has 11 aromatic carbocycles. The van der Waals surface area contributed by atoms with Crippen molar-refractivity contribution in [1.29, 1.82) is 0 Å². The lowest BCUT2D eigenvalue weighted by Crippen LogP contribution is -2.28. The quantitative estimate of drug-likeness (QED) is 0.155. The summed E-state index contributed by atoms with van der Waals surface area (Å²) < 4.78 is 48.1. The Labute approximate surface area is 446 Å². The predicted molar refractivity (Wildman–Crippen MR) is 313 cm³/mol. The third-order valence-corrected chi connectivity index (χ3v) is 17.1. The van der Waals surface area contributed by atoms with E-state index in [1.807, 2.05) is 30.3 Å². The van der Waals surface area contributed by atoms with Crippen LogP contribution in [0.3, 0.4) is 0 Å². The molecule has 0 spiro atoms. The molecule has 0 amide bonds. The van der Waals surface area contributed by atoms with Gasteiger partial charge in [0.25, 0.3) is 0 Å². The van der Waals surface area contributed by atoms with Gasteiger partial charge in [0.1, 0.15) is 0 Å². The van der Waals surface area contributed by atoms with Crippen LogP contribution in [0.25, 0.3) is 72.0 Å². The first-order valence-corrected chi connectivity index (χ1v) is 26.1. The third kappa shape index (κ3) is 6.14. The molecule has 0 fully saturated rings. The first kappa shape index (κ1) is 38.6. The molecule has 2 heteroatoms. The number of rotatable bonds is 7. The molecule has 356 valence electrons. The SMILES string of the molecule is [2H]c1c([2H])c([2H])c(C2(c3ccc4c(c3)c3cc(-c5ccc(N(c6ccc7c(c6)C(C)(C)c6ccccc6-7)c6ccc7c(c6)C(C)(C)c6ccccc6-7)cc5)ccc3n4-c3ccccc3)c3ccccc3-c3ccccc32)c([2H])c1[2H]. The minimum Gasteiger partial charge on any atom is -0.310 e. The van der Waals surface area contributed by atoms with Crippen molar-refractivity contribution in [1.82, 2.24) is 4.57 Å². The van der Waals surface area contributed by atoms with Crippen LogP contribution >= 0.6 is 0 Å². The molecule has 3 aliphatic rings. The molecule has 0 N–H and O–H groups in total. The Kier molecular flexibility index (Phi) is 8.24. The Morgan fingerprint density at radius 1 is 0.347 bits per heavy atom. The van der Waals surface area contributed by atoms with Gasteiger partial charge in [-0.25, -0.2) is 0 Å². The maximum Gasteiger partial charge on any atom is 0.0713 e. The van der Waals surface area contributed by atoms with Gasteiger partial charge in [-0.15, -0.1) is 0 Å². The summed E-state index contributed by atoms with van der Waals surface area (Å²) in [7, 11) is 0. The standard InChI is InChI=1S/C73H54N2/c1-71(2)63-27-15-11-23-55(63)59-39-37-53(45-67(59)71)74(54-38-40-60-56-24-12-16-28-64(56)72(3,4)68(60)46-54)52-35-31-47(32-36-52)48-33-41-69-61(43-48)62-44-50(34-42-70(62)75(69)51-21-9-6-10-22-51)73(49-19-7-5-8-20-49)65-29-17-13-25-57(65)58-26-14-18-30-66(58)73/h5-46H,1-4H3/i5D,7D,8D,19D,20D. The second-order valence-corrected chi connectivity index (χ2v) is 21.7. The molecule has 15 rings (SSSR count). The van der Waals surface area contributed by atoms with Gasteiger partial charge in [0.05, 0.1) is 23.3 Å². The molecule has 1 aromatic heterocycles. The number of aromatic nitrogens is 1. The molecule has 0 saturated heterocycles. The van der Waals surface area contributed by atoms with E-state index in [0.29, 0.717) is 0 Å². The summed E-state index contributed by atoms with van der Waals surface area (Å²) in [6.45, 7) is 9.37. The summed E-state index contributed by atoms with van der Waals surface area (Å²) in [6, 6.07) is 79.0. The van der Waals surface area contributed by atoms with E-state index >= 15 is 0 Å². The van der Waals surface area contributed by atoms with Gasteiger partial charge in [0, 0.05) is 44.4 Å². The molecule has 12 aromatic rings. The van der Waals surface area contributed by atoms with E-state index in [0.717, 1.165) is 83.5 Å². The maximum atomic E-state index is 9.59. The molecule has 0 atom stereocenters. The zero-order chi connectivity index (χ0) is 54.6. The topological polar surface area (TPSA) is 8.17 Å². The second-order valence-electron chi connectivity index (χ2n) is 21.7. The molecule has 0 unspecified atom stereocenters. The van der Waals surface area contributed by atoms with Gasteiger partial charge in [-0.2, -0.15) is 0 Å². The largest absolute Gasteiger partial charge is 0.310 e. The second kappa shape index (κ2) is 16.0. The average Bonchev–Trinajstić information content (AvgIpc) is 4.30. The number of para-hydroxylation sites is 1. The van der Waals surface area contributed by atoms with Crippen LogP contribution < -0.4 is 4.90 Å². The van der Waals surface area contributed by atoms with E-state index < -0.39 is 11.5 Å². The highest BCUT2D eigenvalue weighted by Crippen LogP contribution is 2.57. The zero-order valence-electron chi connectivity index (χ0n) is 47.3. The van der Waals surface area contributed by atoms with Crippen LogP contribution in [0.1, 0.15) is 79.1 Å². The molecule has 0 saturated carbocycles. The normalized spacial score (nSPS) is 15.7. The van der Waals surface area contributed by atoms with Crippen molar-refractivity contribution in [2.24, 2.45) is 0 Å². The third-order valence-electron chi connectivity index (χ3n) is 17.1. The van der Waals surface area contributed by atoms with Crippen LogP contribution in [-0.2, 0) is 16.2 Å². The Hall–Kier alpha value is -8.98. The van der Waals surface area contributed by atoms with Crippen LogP contribution in [0, 0.1) is 0 Å². The van der Waals surface area contributed by atoms with Gasteiger partial charge >= 0.3 is 0 Å². The summed E-state index contributed by atoms with van der Waals surface area (Å²) >= 11 is 0. The number of fused-ring (bicyclic) bond motifs is 12. The molecule has 75 heavy (non-hydrogen) atoms. The Morgan fingerprint density at radius 2 is 0.787 bits per heavy atom. The number of nitrogens with zero attached hydrogens (tertiary/aromatic N) is 2. The van der Waals surface area contributed by atoms with Crippen molar-refractivity contribution < 1.29 is 6.85 Å². The van der Waals surface area contributed by atoms with E-state index in [2.05, 4.69) is 231 Å². The highest BCUT2D eigenvalue weighted by molar-refractivity contribution is 6.11. The first-order chi connectivity index (χ1) is 38.8.